The first kappa shape index (κ1) is 13.3. The maximum atomic E-state index is 12.5. The highest BCUT2D eigenvalue weighted by atomic mass is 19.4. The van der Waals surface area contributed by atoms with Crippen LogP contribution in [0.2, 0.25) is 0 Å². The first-order valence-electron chi connectivity index (χ1n) is 5.60. The summed E-state index contributed by atoms with van der Waals surface area (Å²) in [6.45, 7) is 1.90. The van der Waals surface area contributed by atoms with Crippen molar-refractivity contribution >= 4 is 11.6 Å². The lowest BCUT2D eigenvalue weighted by Gasteiger charge is -2.08. The number of aryl methyl sites for hydroxylation is 2. The summed E-state index contributed by atoms with van der Waals surface area (Å²) in [4.78, 5) is 7.21. The molecule has 0 amide bonds. The van der Waals surface area contributed by atoms with E-state index in [4.69, 9.17) is 0 Å². The van der Waals surface area contributed by atoms with Gasteiger partial charge in [0.15, 0.2) is 0 Å². The summed E-state index contributed by atoms with van der Waals surface area (Å²) in [5.74, 6) is -0.0995. The molecule has 0 saturated carbocycles. The summed E-state index contributed by atoms with van der Waals surface area (Å²) in [5.41, 5.74) is 0.361. The molecule has 1 N–H and O–H groups in total. The molecule has 102 valence electrons. The van der Waals surface area contributed by atoms with Crippen molar-refractivity contribution in [3.05, 3.63) is 29.8 Å². The number of aromatic nitrogens is 4. The van der Waals surface area contributed by atoms with Crippen molar-refractivity contribution in [3.8, 4) is 0 Å². The highest BCUT2D eigenvalue weighted by Crippen LogP contribution is 2.28. The normalized spacial score (nSPS) is 11.6. The molecule has 2 aromatic heterocycles. The maximum Gasteiger partial charge on any atom is 0.433 e. The van der Waals surface area contributed by atoms with E-state index in [2.05, 4.69) is 20.4 Å². The molecule has 0 fully saturated rings. The van der Waals surface area contributed by atoms with Gasteiger partial charge in [0, 0.05) is 19.4 Å². The first-order valence-corrected chi connectivity index (χ1v) is 5.60. The zero-order chi connectivity index (χ0) is 14.0. The molecular formula is C11H12F3N5. The van der Waals surface area contributed by atoms with Crippen LogP contribution in [0.4, 0.5) is 24.8 Å². The second-order valence-electron chi connectivity index (χ2n) is 3.90. The molecule has 19 heavy (non-hydrogen) atoms. The van der Waals surface area contributed by atoms with Crippen molar-refractivity contribution in [2.75, 3.05) is 5.32 Å². The lowest BCUT2D eigenvalue weighted by atomic mass is 10.3. The minimum Gasteiger partial charge on any atom is -0.321 e. The SMILES string of the molecule is CCc1nn(C)cc1Nc1nccc(C(F)(F)F)n1. The number of alkyl halides is 3. The number of halogens is 3. The Morgan fingerprint density at radius 2 is 2.11 bits per heavy atom. The maximum absolute atomic E-state index is 12.5. The second kappa shape index (κ2) is 4.87. The van der Waals surface area contributed by atoms with Crippen molar-refractivity contribution in [3.63, 3.8) is 0 Å². The third-order valence-electron chi connectivity index (χ3n) is 2.43. The van der Waals surface area contributed by atoms with Gasteiger partial charge in [0.1, 0.15) is 5.69 Å². The molecular weight excluding hydrogens is 259 g/mol. The number of hydrogen-bond donors (Lipinski definition) is 1. The summed E-state index contributed by atoms with van der Waals surface area (Å²) < 4.78 is 39.1. The summed E-state index contributed by atoms with van der Waals surface area (Å²) in [6.07, 6.45) is -1.09. The highest BCUT2D eigenvalue weighted by molar-refractivity contribution is 5.55. The van der Waals surface area contributed by atoms with E-state index in [1.165, 1.54) is 0 Å². The van der Waals surface area contributed by atoms with Crippen molar-refractivity contribution in [2.45, 2.75) is 19.5 Å². The molecule has 2 heterocycles. The number of hydrogen-bond acceptors (Lipinski definition) is 4. The molecule has 0 spiro atoms. The fourth-order valence-electron chi connectivity index (χ4n) is 1.60. The predicted octanol–water partition coefficient (Wildman–Crippen LogP) is 2.53. The standard InChI is InChI=1S/C11H12F3N5/c1-3-7-8(6-19(2)18-7)16-10-15-5-4-9(17-10)11(12,13)14/h4-6H,3H2,1-2H3,(H,15,16,17). The molecule has 0 saturated heterocycles. The van der Waals surface area contributed by atoms with Gasteiger partial charge in [-0.15, -0.1) is 0 Å². The fourth-order valence-corrected chi connectivity index (χ4v) is 1.60. The van der Waals surface area contributed by atoms with E-state index < -0.39 is 11.9 Å². The van der Waals surface area contributed by atoms with Gasteiger partial charge in [0.05, 0.1) is 11.4 Å². The molecule has 0 unspecified atom stereocenters. The zero-order valence-corrected chi connectivity index (χ0v) is 10.4. The van der Waals surface area contributed by atoms with Crippen LogP contribution in [0.25, 0.3) is 0 Å². The molecule has 5 nitrogen and oxygen atoms in total. The monoisotopic (exact) mass is 271 g/mol. The van der Waals surface area contributed by atoms with Crippen LogP contribution in [0, 0.1) is 0 Å². The lowest BCUT2D eigenvalue weighted by Crippen LogP contribution is -2.10. The Hall–Kier alpha value is -2.12. The Kier molecular flexibility index (Phi) is 3.41. The molecule has 0 bridgehead atoms. The minimum absolute atomic E-state index is 0.0995. The van der Waals surface area contributed by atoms with E-state index in [1.807, 2.05) is 6.92 Å². The van der Waals surface area contributed by atoms with E-state index in [0.717, 1.165) is 18.0 Å². The highest BCUT2D eigenvalue weighted by Gasteiger charge is 2.32. The zero-order valence-electron chi connectivity index (χ0n) is 10.4. The number of anilines is 2. The summed E-state index contributed by atoms with van der Waals surface area (Å²) >= 11 is 0. The first-order chi connectivity index (χ1) is 8.90. The second-order valence-corrected chi connectivity index (χ2v) is 3.90. The Bertz CT molecular complexity index is 576. The average Bonchev–Trinajstić information content (AvgIpc) is 2.69. The van der Waals surface area contributed by atoms with Gasteiger partial charge in [-0.1, -0.05) is 6.92 Å². The average molecular weight is 271 g/mol. The van der Waals surface area contributed by atoms with E-state index in [9.17, 15) is 13.2 Å². The minimum atomic E-state index is -4.48. The predicted molar refractivity (Wildman–Crippen MR) is 62.9 cm³/mol. The van der Waals surface area contributed by atoms with Crippen LogP contribution in [0.15, 0.2) is 18.5 Å². The van der Waals surface area contributed by atoms with Gasteiger partial charge in [-0.25, -0.2) is 9.97 Å². The van der Waals surface area contributed by atoms with E-state index >= 15 is 0 Å². The fraction of sp³-hybridized carbons (Fsp3) is 0.364. The lowest BCUT2D eigenvalue weighted by molar-refractivity contribution is -0.141. The third-order valence-corrected chi connectivity index (χ3v) is 2.43. The third kappa shape index (κ3) is 3.01. The van der Waals surface area contributed by atoms with Gasteiger partial charge in [-0.2, -0.15) is 18.3 Å². The van der Waals surface area contributed by atoms with Crippen LogP contribution >= 0.6 is 0 Å². The summed E-state index contributed by atoms with van der Waals surface area (Å²) in [5, 5.41) is 6.92. The van der Waals surface area contributed by atoms with Crippen molar-refractivity contribution in [1.29, 1.82) is 0 Å². The van der Waals surface area contributed by atoms with Crippen molar-refractivity contribution in [2.24, 2.45) is 7.05 Å². The smallest absolute Gasteiger partial charge is 0.321 e. The van der Waals surface area contributed by atoms with Crippen LogP contribution in [0.5, 0.6) is 0 Å². The Balaban J connectivity index is 2.28. The van der Waals surface area contributed by atoms with Gasteiger partial charge in [0.2, 0.25) is 5.95 Å². The topological polar surface area (TPSA) is 55.6 Å². The van der Waals surface area contributed by atoms with Crippen molar-refractivity contribution in [1.82, 2.24) is 19.7 Å². The Morgan fingerprint density at radius 1 is 1.37 bits per heavy atom. The molecule has 0 aromatic carbocycles. The summed E-state index contributed by atoms with van der Waals surface area (Å²) in [6, 6.07) is 0.829. The van der Waals surface area contributed by atoms with Gasteiger partial charge in [0.25, 0.3) is 0 Å². The van der Waals surface area contributed by atoms with Gasteiger partial charge >= 0.3 is 6.18 Å². The molecule has 0 aliphatic rings. The van der Waals surface area contributed by atoms with Crippen LogP contribution in [-0.4, -0.2) is 19.7 Å². The Morgan fingerprint density at radius 3 is 2.74 bits per heavy atom. The number of nitrogens with one attached hydrogen (secondary N) is 1. The molecule has 0 radical (unpaired) electrons. The molecule has 0 atom stereocenters. The quantitative estimate of drug-likeness (QED) is 0.932. The summed E-state index contributed by atoms with van der Waals surface area (Å²) in [7, 11) is 1.73. The largest absolute Gasteiger partial charge is 0.433 e. The van der Waals surface area contributed by atoms with E-state index in [0.29, 0.717) is 12.1 Å². The molecule has 0 aliphatic carbocycles. The van der Waals surface area contributed by atoms with Crippen LogP contribution in [-0.2, 0) is 19.6 Å². The Labute approximate surface area is 107 Å². The van der Waals surface area contributed by atoms with Gasteiger partial charge < -0.3 is 5.32 Å². The van der Waals surface area contributed by atoms with Crippen LogP contribution in [0.1, 0.15) is 18.3 Å². The number of nitrogens with zero attached hydrogens (tertiary/aromatic N) is 4. The molecule has 2 aromatic rings. The molecule has 0 aliphatic heterocycles. The van der Waals surface area contributed by atoms with Gasteiger partial charge in [-0.05, 0) is 12.5 Å². The molecule has 2 rings (SSSR count). The van der Waals surface area contributed by atoms with Gasteiger partial charge in [-0.3, -0.25) is 4.68 Å². The number of rotatable bonds is 3. The van der Waals surface area contributed by atoms with Crippen LogP contribution in [0.3, 0.4) is 0 Å². The van der Waals surface area contributed by atoms with Crippen molar-refractivity contribution < 1.29 is 13.2 Å². The van der Waals surface area contributed by atoms with Crippen LogP contribution < -0.4 is 5.32 Å². The molecule has 8 heteroatoms. The van der Waals surface area contributed by atoms with E-state index in [-0.39, 0.29) is 5.95 Å². The van der Waals surface area contributed by atoms with E-state index in [1.54, 1.807) is 17.9 Å².